The Kier molecular flexibility index (Phi) is 3.05. The second kappa shape index (κ2) is 3.53. The second-order valence-electron chi connectivity index (χ2n) is 8.20. The van der Waals surface area contributed by atoms with Crippen molar-refractivity contribution in [3.8, 4) is 0 Å². The first-order chi connectivity index (χ1) is 7.65. The number of hydrogen-bond donors (Lipinski definition) is 2. The lowest BCUT2D eigenvalue weighted by Crippen LogP contribution is -2.78. The van der Waals surface area contributed by atoms with E-state index < -0.39 is 5.54 Å². The molecule has 1 unspecified atom stereocenters. The standard InChI is InChI=1S/C16H31NO/c1-11(18)16(10)14(6,7)12(2,3)13(4,5)15(8,9)17-16/h17-18H,1H2,2-10H3. The van der Waals surface area contributed by atoms with Gasteiger partial charge in [0.15, 0.2) is 0 Å². The molecule has 18 heavy (non-hydrogen) atoms. The fourth-order valence-corrected chi connectivity index (χ4v) is 3.56. The molecule has 1 fully saturated rings. The molecule has 0 bridgehead atoms. The molecule has 1 saturated heterocycles. The average Bonchev–Trinajstić information content (AvgIpc) is 2.13. The van der Waals surface area contributed by atoms with Gasteiger partial charge < -0.3 is 5.11 Å². The molecule has 0 aromatic heterocycles. The van der Waals surface area contributed by atoms with Crippen LogP contribution in [-0.2, 0) is 0 Å². The number of rotatable bonds is 1. The van der Waals surface area contributed by atoms with E-state index in [1.807, 2.05) is 0 Å². The van der Waals surface area contributed by atoms with Crippen molar-refractivity contribution in [1.29, 1.82) is 0 Å². The van der Waals surface area contributed by atoms with E-state index >= 15 is 0 Å². The highest BCUT2D eigenvalue weighted by molar-refractivity contribution is 5.27. The summed E-state index contributed by atoms with van der Waals surface area (Å²) < 4.78 is 0. The van der Waals surface area contributed by atoms with Crippen molar-refractivity contribution in [3.63, 3.8) is 0 Å². The van der Waals surface area contributed by atoms with Crippen LogP contribution in [0.4, 0.5) is 0 Å². The van der Waals surface area contributed by atoms with Crippen LogP contribution in [0.5, 0.6) is 0 Å². The van der Waals surface area contributed by atoms with E-state index in [-0.39, 0.29) is 27.5 Å². The van der Waals surface area contributed by atoms with Crippen molar-refractivity contribution >= 4 is 0 Å². The molecule has 1 rings (SSSR count). The number of piperidine rings is 1. The summed E-state index contributed by atoms with van der Waals surface area (Å²) in [7, 11) is 0. The largest absolute Gasteiger partial charge is 0.511 e. The zero-order chi connectivity index (χ0) is 14.8. The molecule has 1 atom stereocenters. The summed E-state index contributed by atoms with van der Waals surface area (Å²) in [5, 5.41) is 13.8. The number of nitrogens with one attached hydrogen (secondary N) is 1. The molecule has 2 N–H and O–H groups in total. The highest BCUT2D eigenvalue weighted by atomic mass is 16.3. The Labute approximate surface area is 113 Å². The lowest BCUT2D eigenvalue weighted by Gasteiger charge is -2.70. The summed E-state index contributed by atoms with van der Waals surface area (Å²) in [5.74, 6) is 0.226. The van der Waals surface area contributed by atoms with Gasteiger partial charge in [-0.1, -0.05) is 48.1 Å². The van der Waals surface area contributed by atoms with E-state index in [9.17, 15) is 5.11 Å². The van der Waals surface area contributed by atoms with Gasteiger partial charge in [-0.3, -0.25) is 5.32 Å². The van der Waals surface area contributed by atoms with Crippen molar-refractivity contribution < 1.29 is 5.11 Å². The average molecular weight is 253 g/mol. The van der Waals surface area contributed by atoms with Crippen LogP contribution in [0, 0.1) is 16.2 Å². The molecule has 0 aromatic carbocycles. The van der Waals surface area contributed by atoms with Crippen molar-refractivity contribution in [2.75, 3.05) is 0 Å². The molecule has 0 aromatic rings. The van der Waals surface area contributed by atoms with Gasteiger partial charge in [0.25, 0.3) is 0 Å². The molecule has 0 radical (unpaired) electrons. The monoisotopic (exact) mass is 253 g/mol. The SMILES string of the molecule is C=C(O)C1(C)NC(C)(C)C(C)(C)C(C)(C)C1(C)C. The van der Waals surface area contributed by atoms with Crippen molar-refractivity contribution in [2.45, 2.75) is 73.4 Å². The quantitative estimate of drug-likeness (QED) is 0.684. The van der Waals surface area contributed by atoms with E-state index in [0.29, 0.717) is 0 Å². The zero-order valence-electron chi connectivity index (χ0n) is 13.7. The molecule has 2 heteroatoms. The van der Waals surface area contributed by atoms with Gasteiger partial charge in [-0.05, 0) is 37.0 Å². The molecule has 1 aliphatic rings. The maximum absolute atomic E-state index is 10.1. The minimum absolute atomic E-state index is 0.0369. The lowest BCUT2D eigenvalue weighted by atomic mass is 9.41. The minimum Gasteiger partial charge on any atom is -0.511 e. The Morgan fingerprint density at radius 2 is 1.17 bits per heavy atom. The number of aliphatic hydroxyl groups excluding tert-OH is 1. The van der Waals surface area contributed by atoms with E-state index in [1.165, 1.54) is 0 Å². The van der Waals surface area contributed by atoms with Crippen LogP contribution in [-0.4, -0.2) is 16.2 Å². The molecular formula is C16H31NO. The Hall–Kier alpha value is -0.500. The predicted octanol–water partition coefficient (Wildman–Crippen LogP) is 4.28. The third-order valence-electron chi connectivity index (χ3n) is 7.08. The summed E-state index contributed by atoms with van der Waals surface area (Å²) in [4.78, 5) is 0. The zero-order valence-corrected chi connectivity index (χ0v) is 13.7. The van der Waals surface area contributed by atoms with Gasteiger partial charge in [0.1, 0.15) is 5.76 Å². The maximum atomic E-state index is 10.1. The van der Waals surface area contributed by atoms with E-state index in [1.54, 1.807) is 0 Å². The van der Waals surface area contributed by atoms with E-state index in [4.69, 9.17) is 0 Å². The smallest absolute Gasteiger partial charge is 0.105 e. The highest BCUT2D eigenvalue weighted by Gasteiger charge is 2.66. The van der Waals surface area contributed by atoms with E-state index in [0.717, 1.165) is 0 Å². The Morgan fingerprint density at radius 1 is 0.778 bits per heavy atom. The third-order valence-corrected chi connectivity index (χ3v) is 7.08. The molecule has 0 saturated carbocycles. The Bertz CT molecular complexity index is 377. The summed E-state index contributed by atoms with van der Waals surface area (Å²) >= 11 is 0. The first-order valence-corrected chi connectivity index (χ1v) is 6.83. The summed E-state index contributed by atoms with van der Waals surface area (Å²) in [5.41, 5.74) is -0.583. The van der Waals surface area contributed by atoms with Crippen LogP contribution in [0.15, 0.2) is 12.3 Å². The van der Waals surface area contributed by atoms with Gasteiger partial charge in [-0.15, -0.1) is 0 Å². The molecule has 0 spiro atoms. The van der Waals surface area contributed by atoms with Crippen molar-refractivity contribution in [1.82, 2.24) is 5.32 Å². The van der Waals surface area contributed by atoms with Gasteiger partial charge in [0, 0.05) is 5.54 Å². The van der Waals surface area contributed by atoms with Crippen molar-refractivity contribution in [2.24, 2.45) is 16.2 Å². The van der Waals surface area contributed by atoms with Crippen LogP contribution in [0.25, 0.3) is 0 Å². The minimum atomic E-state index is -0.491. The van der Waals surface area contributed by atoms with Crippen LogP contribution in [0.1, 0.15) is 62.3 Å². The first-order valence-electron chi connectivity index (χ1n) is 6.83. The summed E-state index contributed by atoms with van der Waals surface area (Å²) in [6.45, 7) is 24.0. The summed E-state index contributed by atoms with van der Waals surface area (Å²) in [6, 6.07) is 0. The molecule has 106 valence electrons. The first kappa shape index (κ1) is 15.6. The van der Waals surface area contributed by atoms with E-state index in [2.05, 4.69) is 74.2 Å². The predicted molar refractivity (Wildman–Crippen MR) is 78.7 cm³/mol. The number of aliphatic hydroxyl groups is 1. The highest BCUT2D eigenvalue weighted by Crippen LogP contribution is 2.64. The fraction of sp³-hybridized carbons (Fsp3) is 0.875. The Morgan fingerprint density at radius 3 is 1.50 bits per heavy atom. The van der Waals surface area contributed by atoms with Crippen LogP contribution < -0.4 is 5.32 Å². The molecule has 1 aliphatic heterocycles. The maximum Gasteiger partial charge on any atom is 0.105 e. The fourth-order valence-electron chi connectivity index (χ4n) is 3.56. The van der Waals surface area contributed by atoms with Gasteiger partial charge in [0.05, 0.1) is 5.54 Å². The topological polar surface area (TPSA) is 32.3 Å². The molecule has 0 amide bonds. The Balaban J connectivity index is 3.57. The molecule has 0 aliphatic carbocycles. The number of hydrogen-bond acceptors (Lipinski definition) is 2. The van der Waals surface area contributed by atoms with Gasteiger partial charge >= 0.3 is 0 Å². The lowest BCUT2D eigenvalue weighted by molar-refractivity contribution is -0.168. The van der Waals surface area contributed by atoms with Crippen LogP contribution in [0.3, 0.4) is 0 Å². The summed E-state index contributed by atoms with van der Waals surface area (Å²) in [6.07, 6.45) is 0. The van der Waals surface area contributed by atoms with Gasteiger partial charge in [0.2, 0.25) is 0 Å². The van der Waals surface area contributed by atoms with Crippen LogP contribution >= 0.6 is 0 Å². The van der Waals surface area contributed by atoms with Crippen LogP contribution in [0.2, 0.25) is 0 Å². The molecule has 2 nitrogen and oxygen atoms in total. The normalized spacial score (nSPS) is 36.1. The van der Waals surface area contributed by atoms with Gasteiger partial charge in [-0.25, -0.2) is 0 Å². The second-order valence-corrected chi connectivity index (χ2v) is 8.20. The molecule has 1 heterocycles. The van der Waals surface area contributed by atoms with Gasteiger partial charge in [-0.2, -0.15) is 0 Å². The molecular weight excluding hydrogens is 222 g/mol. The third kappa shape index (κ3) is 1.44. The van der Waals surface area contributed by atoms with Crippen molar-refractivity contribution in [3.05, 3.63) is 12.3 Å².